The Bertz CT molecular complexity index is 856. The molecule has 0 heterocycles. The van der Waals surface area contributed by atoms with Gasteiger partial charge in [0.15, 0.2) is 0 Å². The lowest BCUT2D eigenvalue weighted by molar-refractivity contribution is -0.0172. The second kappa shape index (κ2) is 8.51. The van der Waals surface area contributed by atoms with Crippen LogP contribution >= 0.6 is 0 Å². The predicted molar refractivity (Wildman–Crippen MR) is 118 cm³/mol. The Morgan fingerprint density at radius 1 is 1.11 bits per heavy atom. The van der Waals surface area contributed by atoms with Gasteiger partial charge in [-0.15, -0.1) is 0 Å². The summed E-state index contributed by atoms with van der Waals surface area (Å²) in [5, 5.41) is 2.25. The first-order valence-electron chi connectivity index (χ1n) is 10.8. The number of rotatable bonds is 7. The molecule has 150 valence electrons. The van der Waals surface area contributed by atoms with Gasteiger partial charge in [-0.1, -0.05) is 57.2 Å². The van der Waals surface area contributed by atoms with E-state index in [0.717, 1.165) is 49.3 Å². The highest BCUT2D eigenvalue weighted by Crippen LogP contribution is 2.37. The Balaban J connectivity index is 1.84. The summed E-state index contributed by atoms with van der Waals surface area (Å²) in [5.41, 5.74) is 2.91. The number of hydrogen-bond acceptors (Lipinski definition) is 2. The van der Waals surface area contributed by atoms with Crippen molar-refractivity contribution in [1.82, 2.24) is 0 Å². The van der Waals surface area contributed by atoms with Crippen LogP contribution < -0.4 is 0 Å². The summed E-state index contributed by atoms with van der Waals surface area (Å²) in [6.45, 7) is 12.9. The molecule has 1 aliphatic carbocycles. The third kappa shape index (κ3) is 4.48. The summed E-state index contributed by atoms with van der Waals surface area (Å²) in [5.74, 6) is 0.811. The maximum absolute atomic E-state index is 12.8. The van der Waals surface area contributed by atoms with Crippen molar-refractivity contribution in [2.75, 3.05) is 0 Å². The average Bonchev–Trinajstić information content (AvgIpc) is 3.14. The molecule has 0 aromatic heterocycles. The van der Waals surface area contributed by atoms with E-state index in [4.69, 9.17) is 4.74 Å². The van der Waals surface area contributed by atoms with Crippen LogP contribution in [0.4, 0.5) is 0 Å². The van der Waals surface area contributed by atoms with Gasteiger partial charge < -0.3 is 4.74 Å². The van der Waals surface area contributed by atoms with E-state index in [-0.39, 0.29) is 11.6 Å². The second-order valence-electron chi connectivity index (χ2n) is 8.98. The summed E-state index contributed by atoms with van der Waals surface area (Å²) in [6, 6.07) is 12.5. The van der Waals surface area contributed by atoms with E-state index in [2.05, 4.69) is 52.5 Å². The monoisotopic (exact) mass is 378 g/mol. The molecule has 2 nitrogen and oxygen atoms in total. The minimum Gasteiger partial charge on any atom is -0.455 e. The van der Waals surface area contributed by atoms with Crippen molar-refractivity contribution in [3.05, 3.63) is 59.7 Å². The molecule has 2 aromatic rings. The van der Waals surface area contributed by atoms with E-state index in [9.17, 15) is 4.79 Å². The number of benzene rings is 2. The highest BCUT2D eigenvalue weighted by molar-refractivity contribution is 5.95. The molecule has 0 saturated heterocycles. The molecule has 0 bridgehead atoms. The van der Waals surface area contributed by atoms with Crippen molar-refractivity contribution in [3.8, 4) is 0 Å². The average molecular weight is 379 g/mol. The fraction of sp³-hybridized carbons (Fsp3) is 0.500. The lowest BCUT2D eigenvalue weighted by Crippen LogP contribution is -2.31. The molecular formula is C26H34O2. The van der Waals surface area contributed by atoms with E-state index in [1.807, 2.05) is 18.2 Å². The third-order valence-electron chi connectivity index (χ3n) is 6.27. The number of fused-ring (bicyclic) bond motifs is 1. The minimum absolute atomic E-state index is 0.186. The number of carbonyl (C=O) groups is 1. The van der Waals surface area contributed by atoms with Crippen LogP contribution in [0.25, 0.3) is 10.8 Å². The lowest BCUT2D eigenvalue weighted by atomic mass is 9.85. The Hall–Kier alpha value is -2.09. The molecule has 0 radical (unpaired) electrons. The van der Waals surface area contributed by atoms with Gasteiger partial charge in [-0.25, -0.2) is 4.79 Å². The van der Waals surface area contributed by atoms with Crippen molar-refractivity contribution in [2.24, 2.45) is 5.92 Å². The zero-order valence-electron chi connectivity index (χ0n) is 17.9. The Morgan fingerprint density at radius 3 is 2.36 bits per heavy atom. The number of allylic oxidation sites excluding steroid dienone is 1. The van der Waals surface area contributed by atoms with Crippen molar-refractivity contribution < 1.29 is 9.53 Å². The Labute approximate surface area is 170 Å². The summed E-state index contributed by atoms with van der Waals surface area (Å²) < 4.78 is 5.97. The highest BCUT2D eigenvalue weighted by Gasteiger charge is 2.36. The zero-order valence-corrected chi connectivity index (χ0v) is 17.9. The smallest absolute Gasteiger partial charge is 0.338 e. The van der Waals surface area contributed by atoms with E-state index < -0.39 is 0 Å². The Morgan fingerprint density at radius 2 is 1.75 bits per heavy atom. The molecule has 0 amide bonds. The van der Waals surface area contributed by atoms with E-state index in [1.165, 1.54) is 11.1 Å². The van der Waals surface area contributed by atoms with Crippen LogP contribution in [-0.2, 0) is 4.74 Å². The van der Waals surface area contributed by atoms with Crippen LogP contribution in [0.1, 0.15) is 88.1 Å². The molecule has 1 aliphatic rings. The molecule has 1 unspecified atom stereocenters. The van der Waals surface area contributed by atoms with E-state index in [0.29, 0.717) is 17.4 Å². The standard InChI is InChI=1S/C26H34O2/c1-6-26(13-7-8-14-26)28-25(27)23-12-10-20-16-22(11-9-21(20)17-23)24(19(4)5)15-18(2)3/h9-12,16-18,24H,4,6-8,13-15H2,1-3,5H3. The quantitative estimate of drug-likeness (QED) is 0.370. The predicted octanol–water partition coefficient (Wildman–Crippen LogP) is 7.43. The topological polar surface area (TPSA) is 26.3 Å². The molecule has 0 aliphatic heterocycles. The van der Waals surface area contributed by atoms with Crippen molar-refractivity contribution in [2.45, 2.75) is 77.7 Å². The SMILES string of the molecule is C=C(C)C(CC(C)C)c1ccc2cc(C(=O)OC3(CC)CCCC3)ccc2c1. The number of carbonyl (C=O) groups excluding carboxylic acids is 1. The maximum atomic E-state index is 12.8. The third-order valence-corrected chi connectivity index (χ3v) is 6.27. The minimum atomic E-state index is -0.249. The molecule has 1 fully saturated rings. The first-order valence-corrected chi connectivity index (χ1v) is 10.8. The maximum Gasteiger partial charge on any atom is 0.338 e. The molecule has 0 spiro atoms. The van der Waals surface area contributed by atoms with Crippen LogP contribution in [0.2, 0.25) is 0 Å². The van der Waals surface area contributed by atoms with Gasteiger partial charge in [0.1, 0.15) is 5.60 Å². The van der Waals surface area contributed by atoms with E-state index in [1.54, 1.807) is 0 Å². The van der Waals surface area contributed by atoms with Gasteiger partial charge in [-0.05, 0) is 79.8 Å². The van der Waals surface area contributed by atoms with Gasteiger partial charge in [0, 0.05) is 5.92 Å². The molecule has 0 N–H and O–H groups in total. The first kappa shape index (κ1) is 20.6. The van der Waals surface area contributed by atoms with Crippen LogP contribution in [0.5, 0.6) is 0 Å². The molecule has 1 saturated carbocycles. The van der Waals surface area contributed by atoms with Gasteiger partial charge in [-0.3, -0.25) is 0 Å². The fourth-order valence-corrected chi connectivity index (χ4v) is 4.50. The van der Waals surface area contributed by atoms with Crippen LogP contribution in [-0.4, -0.2) is 11.6 Å². The van der Waals surface area contributed by atoms with Crippen LogP contribution in [0, 0.1) is 5.92 Å². The lowest BCUT2D eigenvalue weighted by Gasteiger charge is -2.27. The molecule has 1 atom stereocenters. The van der Waals surface area contributed by atoms with Gasteiger partial charge in [0.05, 0.1) is 5.56 Å². The molecule has 2 heteroatoms. The van der Waals surface area contributed by atoms with Gasteiger partial charge in [-0.2, -0.15) is 0 Å². The fourth-order valence-electron chi connectivity index (χ4n) is 4.50. The number of esters is 1. The number of ether oxygens (including phenoxy) is 1. The van der Waals surface area contributed by atoms with Gasteiger partial charge >= 0.3 is 5.97 Å². The summed E-state index contributed by atoms with van der Waals surface area (Å²) in [6.07, 6.45) is 6.29. The van der Waals surface area contributed by atoms with Crippen LogP contribution in [0.3, 0.4) is 0 Å². The van der Waals surface area contributed by atoms with Crippen molar-refractivity contribution in [3.63, 3.8) is 0 Å². The van der Waals surface area contributed by atoms with Crippen LogP contribution in [0.15, 0.2) is 48.6 Å². The highest BCUT2D eigenvalue weighted by atomic mass is 16.6. The molecule has 3 rings (SSSR count). The zero-order chi connectivity index (χ0) is 20.3. The molecule has 2 aromatic carbocycles. The normalized spacial score (nSPS) is 17.0. The Kier molecular flexibility index (Phi) is 6.27. The van der Waals surface area contributed by atoms with Crippen molar-refractivity contribution >= 4 is 16.7 Å². The van der Waals surface area contributed by atoms with Gasteiger partial charge in [0.2, 0.25) is 0 Å². The molecule has 28 heavy (non-hydrogen) atoms. The largest absolute Gasteiger partial charge is 0.455 e. The summed E-state index contributed by atoms with van der Waals surface area (Å²) >= 11 is 0. The summed E-state index contributed by atoms with van der Waals surface area (Å²) in [4.78, 5) is 12.8. The number of hydrogen-bond donors (Lipinski definition) is 0. The molecular weight excluding hydrogens is 344 g/mol. The van der Waals surface area contributed by atoms with E-state index >= 15 is 0 Å². The van der Waals surface area contributed by atoms with Crippen molar-refractivity contribution in [1.29, 1.82) is 0 Å². The first-order chi connectivity index (χ1) is 13.3. The summed E-state index contributed by atoms with van der Waals surface area (Å²) in [7, 11) is 0. The van der Waals surface area contributed by atoms with Gasteiger partial charge in [0.25, 0.3) is 0 Å². The second-order valence-corrected chi connectivity index (χ2v) is 8.98.